The van der Waals surface area contributed by atoms with Gasteiger partial charge >= 0.3 is 0 Å². The maximum absolute atomic E-state index is 12.4. The molecule has 0 aliphatic rings. The van der Waals surface area contributed by atoms with Crippen molar-refractivity contribution >= 4 is 43.1 Å². The Kier molecular flexibility index (Phi) is 12.3. The lowest BCUT2D eigenvalue weighted by Gasteiger charge is -2.19. The van der Waals surface area contributed by atoms with E-state index in [-0.39, 0.29) is 11.5 Å². The van der Waals surface area contributed by atoms with Crippen LogP contribution in [0.25, 0.3) is 110 Å². The van der Waals surface area contributed by atoms with Crippen LogP contribution in [0, 0.1) is 13.8 Å². The van der Waals surface area contributed by atoms with E-state index >= 15 is 0 Å². The first kappa shape index (κ1) is 46.0. The third-order valence-electron chi connectivity index (χ3n) is 14.5. The van der Waals surface area contributed by atoms with Gasteiger partial charge in [0.2, 0.25) is 0 Å². The number of benzene rings is 12. The molecule has 0 atom stereocenters. The first-order valence-electron chi connectivity index (χ1n) is 25.5. The molecule has 12 aromatic rings. The van der Waals surface area contributed by atoms with Crippen LogP contribution in [0.5, 0.6) is 23.0 Å². The minimum Gasteiger partial charge on any atom is -0.507 e. The molecule has 12 rings (SSSR count). The number of hydrogen-bond acceptors (Lipinski definition) is 4. The number of phenols is 2. The molecule has 4 nitrogen and oxygen atoms in total. The lowest BCUT2D eigenvalue weighted by atomic mass is 9.90. The van der Waals surface area contributed by atoms with Gasteiger partial charge in [0, 0.05) is 33.4 Å². The molecule has 74 heavy (non-hydrogen) atoms. The molecule has 0 aromatic heterocycles. The normalized spacial score (nSPS) is 11.4. The summed E-state index contributed by atoms with van der Waals surface area (Å²) >= 11 is 0. The van der Waals surface area contributed by atoms with E-state index in [1.165, 1.54) is 10.8 Å². The SMILES string of the molecule is Cc1cc(-c2cc(-c3cccc4ccccc34)ccc2OCCCCOc2ccc(-c3cccc4ccccc34)cc2-c2cc(C)cc(-c3cccc4ccccc34)c2O)c(O)c(-c2cccc3ccccc23)c1. The van der Waals surface area contributed by atoms with Gasteiger partial charge < -0.3 is 19.7 Å². The highest BCUT2D eigenvalue weighted by atomic mass is 16.5. The molecule has 2 N–H and O–H groups in total. The van der Waals surface area contributed by atoms with Gasteiger partial charge in [0.05, 0.1) is 13.2 Å². The Hall–Kier alpha value is -9.12. The Labute approximate surface area is 432 Å². The van der Waals surface area contributed by atoms with Gasteiger partial charge in [-0.05, 0) is 163 Å². The number of rotatable bonds is 13. The summed E-state index contributed by atoms with van der Waals surface area (Å²) in [6.45, 7) is 5.04. The average Bonchev–Trinajstić information content (AvgIpc) is 3.44. The maximum atomic E-state index is 12.4. The molecular weight excluding hydrogens is 905 g/mol. The fourth-order valence-corrected chi connectivity index (χ4v) is 10.9. The summed E-state index contributed by atoms with van der Waals surface area (Å²) in [5.41, 5.74) is 13.0. The second-order valence-corrected chi connectivity index (χ2v) is 19.4. The molecule has 0 amide bonds. The Morgan fingerprint density at radius 3 is 0.946 bits per heavy atom. The summed E-state index contributed by atoms with van der Waals surface area (Å²) in [7, 11) is 0. The lowest BCUT2D eigenvalue weighted by Crippen LogP contribution is -2.04. The van der Waals surface area contributed by atoms with Gasteiger partial charge in [-0.25, -0.2) is 0 Å². The minimum atomic E-state index is 0.214. The predicted octanol–water partition coefficient (Wildman–Crippen LogP) is 18.6. The monoisotopic (exact) mass is 958 g/mol. The van der Waals surface area contributed by atoms with E-state index in [4.69, 9.17) is 9.47 Å². The Morgan fingerprint density at radius 2 is 0.581 bits per heavy atom. The van der Waals surface area contributed by atoms with Gasteiger partial charge in [0.1, 0.15) is 23.0 Å². The quantitative estimate of drug-likeness (QED) is 0.113. The van der Waals surface area contributed by atoms with E-state index < -0.39 is 0 Å². The number of hydrogen-bond donors (Lipinski definition) is 2. The molecule has 0 radical (unpaired) electrons. The zero-order chi connectivity index (χ0) is 50.1. The third-order valence-corrected chi connectivity index (χ3v) is 14.5. The number of unbranched alkanes of at least 4 members (excludes halogenated alkanes) is 1. The summed E-state index contributed by atoms with van der Waals surface area (Å²) in [6.07, 6.45) is 1.44. The summed E-state index contributed by atoms with van der Waals surface area (Å²) in [5.74, 6) is 1.82. The van der Waals surface area contributed by atoms with Crippen LogP contribution in [-0.4, -0.2) is 23.4 Å². The van der Waals surface area contributed by atoms with Crippen molar-refractivity contribution in [1.82, 2.24) is 0 Å². The van der Waals surface area contributed by atoms with Gasteiger partial charge in [-0.15, -0.1) is 0 Å². The van der Waals surface area contributed by atoms with Gasteiger partial charge in [0.15, 0.2) is 0 Å². The number of aromatic hydroxyl groups is 2. The molecule has 0 bridgehead atoms. The highest BCUT2D eigenvalue weighted by Gasteiger charge is 2.21. The maximum Gasteiger partial charge on any atom is 0.131 e. The standard InChI is InChI=1S/C70H54O4/c1-45-39-63(59-31-15-23-49-19-5-9-27-55(49)59)69(71)65(41-45)61-43-51(57-29-13-21-47-17-3-7-25-53(47)57)33-35-67(61)73-37-11-12-38-74-68-36-34-52(58-30-14-22-48-18-4-8-26-54(48)58)44-62(68)66-42-46(2)40-64(70(66)72)60-32-16-24-50-20-6-10-28-56(50)60/h3-10,13-36,39-44,71-72H,11-12,37-38H2,1-2H3. The van der Waals surface area contributed by atoms with Crippen LogP contribution in [0.15, 0.2) is 231 Å². The number of aryl methyl sites for hydroxylation is 2. The fraction of sp³-hybridized carbons (Fsp3) is 0.0857. The van der Waals surface area contributed by atoms with Gasteiger partial charge in [-0.3, -0.25) is 0 Å². The van der Waals surface area contributed by atoms with Crippen LogP contribution >= 0.6 is 0 Å². The lowest BCUT2D eigenvalue weighted by molar-refractivity contribution is 0.267. The first-order valence-corrected chi connectivity index (χ1v) is 25.5. The van der Waals surface area contributed by atoms with E-state index in [2.05, 4.69) is 208 Å². The van der Waals surface area contributed by atoms with Crippen molar-refractivity contribution in [3.8, 4) is 89.8 Å². The van der Waals surface area contributed by atoms with Crippen LogP contribution < -0.4 is 9.47 Å². The van der Waals surface area contributed by atoms with E-state index in [0.717, 1.165) is 123 Å². The van der Waals surface area contributed by atoms with Crippen LogP contribution in [0.4, 0.5) is 0 Å². The van der Waals surface area contributed by atoms with Gasteiger partial charge in [0.25, 0.3) is 0 Å². The van der Waals surface area contributed by atoms with Crippen molar-refractivity contribution in [2.45, 2.75) is 26.7 Å². The minimum absolute atomic E-state index is 0.214. The van der Waals surface area contributed by atoms with Crippen molar-refractivity contribution < 1.29 is 19.7 Å². The molecule has 0 fully saturated rings. The molecule has 0 heterocycles. The smallest absolute Gasteiger partial charge is 0.131 e. The second-order valence-electron chi connectivity index (χ2n) is 19.4. The zero-order valence-electron chi connectivity index (χ0n) is 41.5. The van der Waals surface area contributed by atoms with Crippen molar-refractivity contribution in [2.24, 2.45) is 0 Å². The van der Waals surface area contributed by atoms with E-state index in [9.17, 15) is 10.2 Å². The molecule has 0 unspecified atom stereocenters. The molecule has 12 aromatic carbocycles. The summed E-state index contributed by atoms with van der Waals surface area (Å²) in [5, 5.41) is 33.8. The largest absolute Gasteiger partial charge is 0.507 e. The number of ether oxygens (including phenoxy) is 2. The van der Waals surface area contributed by atoms with E-state index in [1.807, 2.05) is 36.4 Å². The summed E-state index contributed by atoms with van der Waals surface area (Å²) in [6, 6.07) is 79.8. The van der Waals surface area contributed by atoms with Crippen molar-refractivity contribution in [3.05, 3.63) is 242 Å². The molecular formula is C70H54O4. The van der Waals surface area contributed by atoms with Crippen molar-refractivity contribution in [1.29, 1.82) is 0 Å². The van der Waals surface area contributed by atoms with Crippen LogP contribution in [-0.2, 0) is 0 Å². The number of phenolic OH excluding ortho intramolecular Hbond substituents is 2. The van der Waals surface area contributed by atoms with Gasteiger partial charge in [-0.2, -0.15) is 0 Å². The molecule has 358 valence electrons. The fourth-order valence-electron chi connectivity index (χ4n) is 10.9. The van der Waals surface area contributed by atoms with Crippen LogP contribution in [0.1, 0.15) is 24.0 Å². The molecule has 0 aliphatic heterocycles. The molecule has 4 heteroatoms. The third kappa shape index (κ3) is 8.75. The Morgan fingerprint density at radius 1 is 0.284 bits per heavy atom. The van der Waals surface area contributed by atoms with Crippen molar-refractivity contribution in [3.63, 3.8) is 0 Å². The average molecular weight is 959 g/mol. The molecule has 0 aliphatic carbocycles. The van der Waals surface area contributed by atoms with E-state index in [1.54, 1.807) is 0 Å². The highest BCUT2D eigenvalue weighted by molar-refractivity contribution is 6.03. The molecule has 0 saturated heterocycles. The van der Waals surface area contributed by atoms with E-state index in [0.29, 0.717) is 24.7 Å². The highest BCUT2D eigenvalue weighted by Crippen LogP contribution is 2.48. The Balaban J connectivity index is 0.856. The first-order chi connectivity index (χ1) is 36.4. The number of fused-ring (bicyclic) bond motifs is 4. The molecule has 0 spiro atoms. The topological polar surface area (TPSA) is 58.9 Å². The summed E-state index contributed by atoms with van der Waals surface area (Å²) in [4.78, 5) is 0. The summed E-state index contributed by atoms with van der Waals surface area (Å²) < 4.78 is 13.5. The van der Waals surface area contributed by atoms with Crippen molar-refractivity contribution in [2.75, 3.05) is 13.2 Å². The van der Waals surface area contributed by atoms with Crippen LogP contribution in [0.2, 0.25) is 0 Å². The second kappa shape index (κ2) is 19.8. The van der Waals surface area contributed by atoms with Gasteiger partial charge in [-0.1, -0.05) is 182 Å². The molecule has 0 saturated carbocycles. The van der Waals surface area contributed by atoms with Crippen LogP contribution in [0.3, 0.4) is 0 Å². The Bertz CT molecular complexity index is 3810. The zero-order valence-corrected chi connectivity index (χ0v) is 41.5. The predicted molar refractivity (Wildman–Crippen MR) is 309 cm³/mol.